The first kappa shape index (κ1) is 25.6. The van der Waals surface area contributed by atoms with Crippen LogP contribution in [0.5, 0.6) is 0 Å². The van der Waals surface area contributed by atoms with E-state index in [1.165, 1.54) is 11.8 Å². The third kappa shape index (κ3) is 5.37. The first-order valence-electron chi connectivity index (χ1n) is 11.4. The number of amides is 3. The number of hydrogen-bond donors (Lipinski definition) is 2. The number of nitrogens with one attached hydrogen (secondary N) is 2. The van der Waals surface area contributed by atoms with E-state index >= 15 is 0 Å². The molecule has 4 rings (SSSR count). The fourth-order valence-electron chi connectivity index (χ4n) is 3.89. The first-order valence-corrected chi connectivity index (χ1v) is 11.4. The zero-order valence-corrected chi connectivity index (χ0v) is 20.0. The highest BCUT2D eigenvalue weighted by Crippen LogP contribution is 2.27. The minimum absolute atomic E-state index is 0.389. The molecular weight excluding hydrogens is 485 g/mol. The van der Waals surface area contributed by atoms with Crippen LogP contribution in [0.1, 0.15) is 23.6 Å². The smallest absolute Gasteiger partial charge is 0.272 e. The van der Waals surface area contributed by atoms with E-state index in [4.69, 9.17) is 0 Å². The van der Waals surface area contributed by atoms with E-state index in [-0.39, 0.29) is 0 Å². The quantitative estimate of drug-likeness (QED) is 0.396. The molecule has 3 aromatic rings. The number of carbonyl (C=O) groups excluding carboxylic acids is 3. The summed E-state index contributed by atoms with van der Waals surface area (Å²) in [6.07, 6.45) is -1.33. The Morgan fingerprint density at radius 1 is 1.00 bits per heavy atom. The van der Waals surface area contributed by atoms with Gasteiger partial charge in [0.25, 0.3) is 5.91 Å². The van der Waals surface area contributed by atoms with Crippen LogP contribution < -0.4 is 15.5 Å². The number of benzodiazepines with no additional fused rings is 1. The molecule has 0 bridgehead atoms. The number of carbonyl (C=O) groups is 3. The zero-order chi connectivity index (χ0) is 26.7. The standard InChI is InChI=1S/C27H23F3N4O3/c1-15(25(35)31-14-17-12-18(28)13-20(29)22(17)30)26(36)33-24-27(37)34(2)21-11-7-6-10-19(21)23(32-24)16-8-4-3-5-9-16/h3-13,15,24H,14H2,1-2H3,(H,31,35)(H,33,36). The lowest BCUT2D eigenvalue weighted by molar-refractivity contribution is -0.136. The van der Waals surface area contributed by atoms with Crippen LogP contribution in [0.15, 0.2) is 71.7 Å². The van der Waals surface area contributed by atoms with Gasteiger partial charge < -0.3 is 15.5 Å². The Morgan fingerprint density at radius 3 is 2.41 bits per heavy atom. The van der Waals surface area contributed by atoms with Crippen LogP contribution in [0.2, 0.25) is 0 Å². The van der Waals surface area contributed by atoms with Crippen LogP contribution >= 0.6 is 0 Å². The number of likely N-dealkylation sites (N-methyl/N-ethyl adjacent to an activating group) is 1. The van der Waals surface area contributed by atoms with Gasteiger partial charge in [0.1, 0.15) is 11.7 Å². The largest absolute Gasteiger partial charge is 0.351 e. The normalized spacial score (nSPS) is 15.8. The lowest BCUT2D eigenvalue weighted by Gasteiger charge is -2.22. The molecule has 7 nitrogen and oxygen atoms in total. The van der Waals surface area contributed by atoms with Gasteiger partial charge >= 0.3 is 0 Å². The predicted octanol–water partition coefficient (Wildman–Crippen LogP) is 3.31. The van der Waals surface area contributed by atoms with E-state index in [0.29, 0.717) is 23.0 Å². The molecule has 0 radical (unpaired) electrons. The topological polar surface area (TPSA) is 90.9 Å². The zero-order valence-electron chi connectivity index (χ0n) is 20.0. The van der Waals surface area contributed by atoms with Crippen LogP contribution in [0.4, 0.5) is 18.9 Å². The summed E-state index contributed by atoms with van der Waals surface area (Å²) < 4.78 is 40.7. The summed E-state index contributed by atoms with van der Waals surface area (Å²) in [5.74, 6) is -7.16. The fraction of sp³-hybridized carbons (Fsp3) is 0.185. The van der Waals surface area contributed by atoms with Gasteiger partial charge in [-0.2, -0.15) is 0 Å². The molecule has 0 saturated carbocycles. The van der Waals surface area contributed by atoms with E-state index in [2.05, 4.69) is 15.6 Å². The highest BCUT2D eigenvalue weighted by atomic mass is 19.2. The highest BCUT2D eigenvalue weighted by molar-refractivity contribution is 6.20. The molecule has 1 aliphatic rings. The number of fused-ring (bicyclic) bond motifs is 1. The number of nitrogens with zero attached hydrogens (tertiary/aromatic N) is 2. The van der Waals surface area contributed by atoms with E-state index in [9.17, 15) is 27.6 Å². The van der Waals surface area contributed by atoms with Crippen LogP contribution in [0.25, 0.3) is 0 Å². The number of halogens is 3. The van der Waals surface area contributed by atoms with Gasteiger partial charge in [-0.05, 0) is 19.1 Å². The molecule has 0 aliphatic carbocycles. The van der Waals surface area contributed by atoms with Gasteiger partial charge in [-0.3, -0.25) is 14.4 Å². The van der Waals surface area contributed by atoms with Crippen LogP contribution in [-0.4, -0.2) is 36.6 Å². The minimum atomic E-state index is -1.39. The average Bonchev–Trinajstić information content (AvgIpc) is 3.00. The predicted molar refractivity (Wildman–Crippen MR) is 131 cm³/mol. The van der Waals surface area contributed by atoms with Gasteiger partial charge in [0.2, 0.25) is 18.0 Å². The molecule has 2 N–H and O–H groups in total. The second kappa shape index (κ2) is 10.7. The Hall–Kier alpha value is -4.47. The van der Waals surface area contributed by atoms with Crippen molar-refractivity contribution in [1.29, 1.82) is 0 Å². The third-order valence-electron chi connectivity index (χ3n) is 5.98. The van der Waals surface area contributed by atoms with E-state index in [1.807, 2.05) is 42.5 Å². The summed E-state index contributed by atoms with van der Waals surface area (Å²) in [4.78, 5) is 44.6. The SMILES string of the molecule is CC(C(=O)NCc1cc(F)cc(F)c1F)C(=O)NC1N=C(c2ccccc2)c2ccccc2N(C)C1=O. The molecule has 190 valence electrons. The molecule has 1 aliphatic heterocycles. The van der Waals surface area contributed by atoms with Crippen molar-refractivity contribution in [3.63, 3.8) is 0 Å². The van der Waals surface area contributed by atoms with Crippen LogP contribution in [0, 0.1) is 23.4 Å². The summed E-state index contributed by atoms with van der Waals surface area (Å²) in [7, 11) is 1.56. The van der Waals surface area contributed by atoms with Gasteiger partial charge in [0.05, 0.1) is 11.4 Å². The maximum Gasteiger partial charge on any atom is 0.272 e. The maximum absolute atomic E-state index is 13.9. The van der Waals surface area contributed by atoms with Crippen molar-refractivity contribution in [1.82, 2.24) is 10.6 Å². The molecule has 0 spiro atoms. The Balaban J connectivity index is 1.54. The van der Waals surface area contributed by atoms with Crippen LogP contribution in [0.3, 0.4) is 0 Å². The van der Waals surface area contributed by atoms with E-state index in [1.54, 1.807) is 19.2 Å². The Kier molecular flexibility index (Phi) is 7.37. The molecule has 2 unspecified atom stereocenters. The van der Waals surface area contributed by atoms with Crippen molar-refractivity contribution in [3.05, 3.63) is 101 Å². The molecule has 0 fully saturated rings. The second-order valence-electron chi connectivity index (χ2n) is 8.47. The number of rotatable bonds is 6. The Bertz CT molecular complexity index is 1390. The summed E-state index contributed by atoms with van der Waals surface area (Å²) in [5, 5.41) is 4.80. The number of anilines is 1. The van der Waals surface area contributed by atoms with E-state index < -0.39 is 59.4 Å². The molecule has 0 aromatic heterocycles. The molecule has 37 heavy (non-hydrogen) atoms. The van der Waals surface area contributed by atoms with Crippen molar-refractivity contribution in [2.24, 2.45) is 10.9 Å². The van der Waals surface area contributed by atoms with Crippen molar-refractivity contribution in [3.8, 4) is 0 Å². The molecule has 1 heterocycles. The van der Waals surface area contributed by atoms with E-state index in [0.717, 1.165) is 11.6 Å². The van der Waals surface area contributed by atoms with Gasteiger partial charge in [-0.25, -0.2) is 18.2 Å². The molecule has 2 atom stereocenters. The Morgan fingerprint density at radius 2 is 1.68 bits per heavy atom. The molecule has 10 heteroatoms. The number of benzene rings is 3. The third-order valence-corrected chi connectivity index (χ3v) is 5.98. The highest BCUT2D eigenvalue weighted by Gasteiger charge is 2.33. The summed E-state index contributed by atoms with van der Waals surface area (Å²) in [6, 6.07) is 17.5. The summed E-state index contributed by atoms with van der Waals surface area (Å²) >= 11 is 0. The fourth-order valence-corrected chi connectivity index (χ4v) is 3.89. The van der Waals surface area contributed by atoms with Gasteiger partial charge in [-0.1, -0.05) is 48.5 Å². The van der Waals surface area contributed by atoms with Gasteiger partial charge in [-0.15, -0.1) is 0 Å². The van der Waals surface area contributed by atoms with Crippen LogP contribution in [-0.2, 0) is 20.9 Å². The first-order chi connectivity index (χ1) is 17.7. The summed E-state index contributed by atoms with van der Waals surface area (Å²) in [6.45, 7) is 0.752. The van der Waals surface area contributed by atoms with Crippen molar-refractivity contribution in [2.75, 3.05) is 11.9 Å². The molecular formula is C27H23F3N4O3. The number of para-hydroxylation sites is 1. The summed E-state index contributed by atoms with van der Waals surface area (Å²) in [5.41, 5.74) is 2.10. The average molecular weight is 509 g/mol. The number of hydrogen-bond acceptors (Lipinski definition) is 4. The van der Waals surface area contributed by atoms with Gasteiger partial charge in [0, 0.05) is 36.3 Å². The lowest BCUT2D eigenvalue weighted by atomic mass is 10.0. The lowest BCUT2D eigenvalue weighted by Crippen LogP contribution is -2.49. The molecule has 3 aromatic carbocycles. The second-order valence-corrected chi connectivity index (χ2v) is 8.47. The number of aliphatic imine (C=N–C) groups is 1. The van der Waals surface area contributed by atoms with Gasteiger partial charge in [0.15, 0.2) is 11.6 Å². The van der Waals surface area contributed by atoms with Crippen molar-refractivity contribution in [2.45, 2.75) is 19.6 Å². The molecule has 3 amide bonds. The minimum Gasteiger partial charge on any atom is -0.351 e. The van der Waals surface area contributed by atoms with Crippen molar-refractivity contribution >= 4 is 29.1 Å². The Labute approximate surface area is 211 Å². The maximum atomic E-state index is 13.9. The monoisotopic (exact) mass is 508 g/mol. The molecule has 0 saturated heterocycles. The van der Waals surface area contributed by atoms with Crippen molar-refractivity contribution < 1.29 is 27.6 Å².